The number of hydrogen-bond donors (Lipinski definition) is 1. The Hall–Kier alpha value is -1.44. The van der Waals surface area contributed by atoms with Crippen molar-refractivity contribution < 1.29 is 9.84 Å². The van der Waals surface area contributed by atoms with E-state index in [1.165, 1.54) is 37.7 Å². The second-order valence-corrected chi connectivity index (χ2v) is 4.87. The second-order valence-electron chi connectivity index (χ2n) is 4.87. The minimum absolute atomic E-state index is 0.206. The van der Waals surface area contributed by atoms with Crippen molar-refractivity contribution in [3.8, 4) is 11.5 Å². The summed E-state index contributed by atoms with van der Waals surface area (Å²) in [5, 5.41) is 9.51. The van der Waals surface area contributed by atoms with Gasteiger partial charge in [-0.05, 0) is 43.4 Å². The molecule has 0 radical (unpaired) electrons. The van der Waals surface area contributed by atoms with Gasteiger partial charge in [0, 0.05) is 0 Å². The van der Waals surface area contributed by atoms with Gasteiger partial charge < -0.3 is 9.84 Å². The summed E-state index contributed by atoms with van der Waals surface area (Å²) in [4.78, 5) is 0. The van der Waals surface area contributed by atoms with Crippen LogP contribution in [0.25, 0.3) is 0 Å². The van der Waals surface area contributed by atoms with Crippen LogP contribution < -0.4 is 4.74 Å². The SMILES string of the molecule is CCCCCC/C=C/CCc1ccc(O)c(OC)c1. The molecule has 1 aromatic rings. The van der Waals surface area contributed by atoms with Crippen molar-refractivity contribution in [2.75, 3.05) is 7.11 Å². The standard InChI is InChI=1S/C17H26O2/c1-3-4-5-6-7-8-9-10-11-15-12-13-16(18)17(14-15)19-2/h8-9,12-14,18H,3-7,10-11H2,1-2H3/b9-8+. The van der Waals surface area contributed by atoms with Crippen molar-refractivity contribution in [3.05, 3.63) is 35.9 Å². The van der Waals surface area contributed by atoms with Gasteiger partial charge in [-0.3, -0.25) is 0 Å². The highest BCUT2D eigenvalue weighted by molar-refractivity contribution is 5.41. The maximum absolute atomic E-state index is 9.51. The Morgan fingerprint density at radius 2 is 1.89 bits per heavy atom. The molecule has 0 bridgehead atoms. The number of aryl methyl sites for hydroxylation is 1. The zero-order chi connectivity index (χ0) is 13.9. The first-order valence-corrected chi connectivity index (χ1v) is 7.28. The number of phenols is 1. The summed E-state index contributed by atoms with van der Waals surface area (Å²) in [6.45, 7) is 2.24. The Kier molecular flexibility index (Phi) is 7.80. The molecule has 0 amide bonds. The molecule has 0 atom stereocenters. The minimum atomic E-state index is 0.206. The summed E-state index contributed by atoms with van der Waals surface area (Å²) >= 11 is 0. The van der Waals surface area contributed by atoms with Gasteiger partial charge in [0.2, 0.25) is 0 Å². The molecule has 0 aliphatic carbocycles. The Balaban J connectivity index is 2.23. The Morgan fingerprint density at radius 1 is 1.11 bits per heavy atom. The monoisotopic (exact) mass is 262 g/mol. The fourth-order valence-electron chi connectivity index (χ4n) is 2.05. The van der Waals surface area contributed by atoms with Crippen LogP contribution in [-0.4, -0.2) is 12.2 Å². The number of rotatable bonds is 9. The third kappa shape index (κ3) is 6.32. The normalized spacial score (nSPS) is 11.1. The van der Waals surface area contributed by atoms with Crippen LogP contribution in [0.5, 0.6) is 11.5 Å². The number of benzene rings is 1. The summed E-state index contributed by atoms with van der Waals surface area (Å²) in [5.41, 5.74) is 1.20. The smallest absolute Gasteiger partial charge is 0.160 e. The topological polar surface area (TPSA) is 29.5 Å². The average Bonchev–Trinajstić information content (AvgIpc) is 2.43. The maximum atomic E-state index is 9.51. The molecule has 0 aromatic heterocycles. The van der Waals surface area contributed by atoms with E-state index in [1.807, 2.05) is 12.1 Å². The van der Waals surface area contributed by atoms with Gasteiger partial charge in [0.1, 0.15) is 0 Å². The van der Waals surface area contributed by atoms with Gasteiger partial charge >= 0.3 is 0 Å². The number of ether oxygens (including phenoxy) is 1. The number of phenolic OH excluding ortho intramolecular Hbond substituents is 1. The molecule has 1 rings (SSSR count). The number of methoxy groups -OCH3 is 1. The third-order valence-corrected chi connectivity index (χ3v) is 3.23. The van der Waals surface area contributed by atoms with Gasteiger partial charge in [0.25, 0.3) is 0 Å². The van der Waals surface area contributed by atoms with E-state index in [2.05, 4.69) is 19.1 Å². The predicted molar refractivity (Wildman–Crippen MR) is 80.9 cm³/mol. The number of aromatic hydroxyl groups is 1. The van der Waals surface area contributed by atoms with Crippen LogP contribution in [0.15, 0.2) is 30.4 Å². The molecule has 2 heteroatoms. The molecular weight excluding hydrogens is 236 g/mol. The molecular formula is C17H26O2. The van der Waals surface area contributed by atoms with Crippen LogP contribution in [0, 0.1) is 0 Å². The first kappa shape index (κ1) is 15.6. The van der Waals surface area contributed by atoms with Gasteiger partial charge in [-0.15, -0.1) is 0 Å². The molecule has 0 saturated carbocycles. The maximum Gasteiger partial charge on any atom is 0.160 e. The van der Waals surface area contributed by atoms with E-state index in [0.717, 1.165) is 12.8 Å². The molecule has 0 spiro atoms. The zero-order valence-electron chi connectivity index (χ0n) is 12.2. The van der Waals surface area contributed by atoms with Crippen molar-refractivity contribution in [1.29, 1.82) is 0 Å². The van der Waals surface area contributed by atoms with E-state index in [-0.39, 0.29) is 5.75 Å². The number of allylic oxidation sites excluding steroid dienone is 2. The Bertz CT molecular complexity index is 383. The van der Waals surface area contributed by atoms with Crippen molar-refractivity contribution >= 4 is 0 Å². The van der Waals surface area contributed by atoms with Gasteiger partial charge in [-0.2, -0.15) is 0 Å². The van der Waals surface area contributed by atoms with E-state index < -0.39 is 0 Å². The van der Waals surface area contributed by atoms with Crippen molar-refractivity contribution in [1.82, 2.24) is 0 Å². The molecule has 106 valence electrons. The van der Waals surface area contributed by atoms with E-state index in [4.69, 9.17) is 4.74 Å². The first-order valence-electron chi connectivity index (χ1n) is 7.28. The Morgan fingerprint density at radius 3 is 2.63 bits per heavy atom. The fraction of sp³-hybridized carbons (Fsp3) is 0.529. The molecule has 0 aliphatic heterocycles. The highest BCUT2D eigenvalue weighted by Gasteiger charge is 2.01. The Labute approximate surface area is 117 Å². The minimum Gasteiger partial charge on any atom is -0.504 e. The molecule has 0 heterocycles. The molecule has 0 aliphatic rings. The van der Waals surface area contributed by atoms with Gasteiger partial charge in [0.05, 0.1) is 7.11 Å². The van der Waals surface area contributed by atoms with Crippen LogP contribution in [0.2, 0.25) is 0 Å². The molecule has 1 N–H and O–H groups in total. The van der Waals surface area contributed by atoms with Crippen LogP contribution in [0.1, 0.15) is 51.0 Å². The summed E-state index contributed by atoms with van der Waals surface area (Å²) in [7, 11) is 1.58. The molecule has 0 fully saturated rings. The van der Waals surface area contributed by atoms with Crippen molar-refractivity contribution in [3.63, 3.8) is 0 Å². The van der Waals surface area contributed by atoms with E-state index >= 15 is 0 Å². The molecule has 19 heavy (non-hydrogen) atoms. The lowest BCUT2D eigenvalue weighted by molar-refractivity contribution is 0.373. The van der Waals surface area contributed by atoms with Crippen LogP contribution >= 0.6 is 0 Å². The summed E-state index contributed by atoms with van der Waals surface area (Å²) < 4.78 is 5.10. The second kappa shape index (κ2) is 9.48. The lowest BCUT2D eigenvalue weighted by Gasteiger charge is -2.05. The van der Waals surface area contributed by atoms with E-state index in [1.54, 1.807) is 13.2 Å². The number of hydrogen-bond acceptors (Lipinski definition) is 2. The van der Waals surface area contributed by atoms with E-state index in [9.17, 15) is 5.11 Å². The van der Waals surface area contributed by atoms with Gasteiger partial charge in [-0.25, -0.2) is 0 Å². The van der Waals surface area contributed by atoms with Crippen LogP contribution in [0.4, 0.5) is 0 Å². The number of unbranched alkanes of at least 4 members (excludes halogenated alkanes) is 4. The summed E-state index contributed by atoms with van der Waals surface area (Å²) in [6.07, 6.45) is 13.1. The third-order valence-electron chi connectivity index (χ3n) is 3.23. The molecule has 0 unspecified atom stereocenters. The van der Waals surface area contributed by atoms with Gasteiger partial charge in [-0.1, -0.05) is 44.4 Å². The largest absolute Gasteiger partial charge is 0.504 e. The lowest BCUT2D eigenvalue weighted by Crippen LogP contribution is -1.88. The highest BCUT2D eigenvalue weighted by Crippen LogP contribution is 2.26. The summed E-state index contributed by atoms with van der Waals surface area (Å²) in [6, 6.07) is 5.56. The molecule has 2 nitrogen and oxygen atoms in total. The molecule has 0 saturated heterocycles. The highest BCUT2D eigenvalue weighted by atomic mass is 16.5. The first-order chi connectivity index (χ1) is 9.27. The quantitative estimate of drug-likeness (QED) is 0.508. The molecule has 1 aromatic carbocycles. The fourth-order valence-corrected chi connectivity index (χ4v) is 2.05. The van der Waals surface area contributed by atoms with Crippen LogP contribution in [0.3, 0.4) is 0 Å². The van der Waals surface area contributed by atoms with Crippen molar-refractivity contribution in [2.45, 2.75) is 51.9 Å². The average molecular weight is 262 g/mol. The van der Waals surface area contributed by atoms with Crippen LogP contribution in [-0.2, 0) is 6.42 Å². The summed E-state index contributed by atoms with van der Waals surface area (Å²) in [5.74, 6) is 0.763. The lowest BCUT2D eigenvalue weighted by atomic mass is 10.1. The predicted octanol–water partition coefficient (Wildman–Crippen LogP) is 4.86. The van der Waals surface area contributed by atoms with Crippen molar-refractivity contribution in [2.24, 2.45) is 0 Å². The van der Waals surface area contributed by atoms with Gasteiger partial charge in [0.15, 0.2) is 11.5 Å². The van der Waals surface area contributed by atoms with E-state index in [0.29, 0.717) is 5.75 Å². The zero-order valence-corrected chi connectivity index (χ0v) is 12.2.